The molecule has 4 fully saturated rings. The van der Waals surface area contributed by atoms with Gasteiger partial charge in [-0.3, -0.25) is 0 Å². The lowest BCUT2D eigenvalue weighted by Crippen LogP contribution is -2.49. The molecule has 0 saturated heterocycles. The molecule has 0 unspecified atom stereocenters. The molecule has 3 N–H and O–H groups in total. The van der Waals surface area contributed by atoms with Crippen LogP contribution in [0.2, 0.25) is 0 Å². The van der Waals surface area contributed by atoms with Crippen molar-refractivity contribution in [3.05, 3.63) is 0 Å². The number of hydrogen-bond acceptors (Lipinski definition) is 5. The first-order valence-corrected chi connectivity index (χ1v) is 7.85. The number of anilines is 2. The van der Waals surface area contributed by atoms with Crippen molar-refractivity contribution in [3.63, 3.8) is 0 Å². The van der Waals surface area contributed by atoms with Crippen molar-refractivity contribution in [2.24, 2.45) is 23.2 Å². The van der Waals surface area contributed by atoms with Gasteiger partial charge in [-0.2, -0.15) is 0 Å². The lowest BCUT2D eigenvalue weighted by Gasteiger charge is -2.56. The predicted octanol–water partition coefficient (Wildman–Crippen LogP) is 2.75. The lowest BCUT2D eigenvalue weighted by molar-refractivity contribution is -0.0444. The van der Waals surface area contributed by atoms with Gasteiger partial charge >= 0.3 is 0 Å². The molecule has 0 radical (unpaired) electrons. The van der Waals surface area contributed by atoms with E-state index in [0.29, 0.717) is 10.5 Å². The van der Waals surface area contributed by atoms with Gasteiger partial charge in [-0.15, -0.1) is 10.2 Å². The number of nitrogens with zero attached hydrogens (tertiary/aromatic N) is 2. The van der Waals surface area contributed by atoms with E-state index in [1.165, 1.54) is 49.9 Å². The third-order valence-electron chi connectivity index (χ3n) is 5.22. The number of hydrogen-bond donors (Lipinski definition) is 2. The topological polar surface area (TPSA) is 63.8 Å². The minimum Gasteiger partial charge on any atom is -0.374 e. The lowest BCUT2D eigenvalue weighted by atomic mass is 9.49. The van der Waals surface area contributed by atoms with Gasteiger partial charge in [0.05, 0.1) is 0 Å². The molecule has 4 aliphatic rings. The van der Waals surface area contributed by atoms with Gasteiger partial charge in [0.25, 0.3) is 0 Å². The highest BCUT2D eigenvalue weighted by molar-refractivity contribution is 7.18. The van der Waals surface area contributed by atoms with Crippen molar-refractivity contribution < 1.29 is 0 Å². The second kappa shape index (κ2) is 3.83. The van der Waals surface area contributed by atoms with Crippen LogP contribution in [0, 0.1) is 23.2 Å². The van der Waals surface area contributed by atoms with Crippen LogP contribution in [0.1, 0.15) is 38.5 Å². The molecule has 0 aliphatic heterocycles. The molecule has 0 spiro atoms. The summed E-state index contributed by atoms with van der Waals surface area (Å²) in [7, 11) is 0. The Kier molecular flexibility index (Phi) is 2.34. The van der Waals surface area contributed by atoms with Crippen molar-refractivity contribution in [2.75, 3.05) is 17.6 Å². The molecule has 4 bridgehead atoms. The normalized spacial score (nSPS) is 41.2. The van der Waals surface area contributed by atoms with E-state index in [1.54, 1.807) is 0 Å². The zero-order chi connectivity index (χ0) is 12.2. The van der Waals surface area contributed by atoms with Crippen LogP contribution < -0.4 is 11.1 Å². The minimum absolute atomic E-state index is 0.551. The van der Waals surface area contributed by atoms with Crippen molar-refractivity contribution >= 4 is 21.6 Å². The molecule has 1 aromatic rings. The minimum atomic E-state index is 0.551. The van der Waals surface area contributed by atoms with E-state index < -0.39 is 0 Å². The van der Waals surface area contributed by atoms with Crippen LogP contribution in [0.3, 0.4) is 0 Å². The molecule has 0 amide bonds. The molecule has 5 heteroatoms. The summed E-state index contributed by atoms with van der Waals surface area (Å²) in [5.74, 6) is 3.03. The monoisotopic (exact) mass is 264 g/mol. The van der Waals surface area contributed by atoms with Crippen LogP contribution in [0.15, 0.2) is 0 Å². The molecule has 1 heterocycles. The first kappa shape index (κ1) is 11.0. The van der Waals surface area contributed by atoms with Gasteiger partial charge in [0.15, 0.2) is 0 Å². The maximum absolute atomic E-state index is 5.62. The maximum Gasteiger partial charge on any atom is 0.207 e. The maximum atomic E-state index is 5.62. The Morgan fingerprint density at radius 2 is 1.72 bits per heavy atom. The second-order valence-corrected chi connectivity index (χ2v) is 7.73. The average molecular weight is 264 g/mol. The Balaban J connectivity index is 1.47. The zero-order valence-electron chi connectivity index (χ0n) is 10.6. The van der Waals surface area contributed by atoms with Gasteiger partial charge in [0.2, 0.25) is 10.3 Å². The van der Waals surface area contributed by atoms with E-state index in [9.17, 15) is 0 Å². The van der Waals surface area contributed by atoms with Gasteiger partial charge in [-0.1, -0.05) is 11.3 Å². The highest BCUT2D eigenvalue weighted by atomic mass is 32.1. The largest absolute Gasteiger partial charge is 0.374 e. The predicted molar refractivity (Wildman–Crippen MR) is 73.4 cm³/mol. The Bertz CT molecular complexity index is 420. The summed E-state index contributed by atoms with van der Waals surface area (Å²) in [6.07, 6.45) is 8.81. The van der Waals surface area contributed by atoms with Gasteiger partial charge in [0, 0.05) is 6.54 Å². The van der Waals surface area contributed by atoms with E-state index in [4.69, 9.17) is 5.73 Å². The number of rotatable bonds is 3. The summed E-state index contributed by atoms with van der Waals surface area (Å²) in [5, 5.41) is 12.9. The van der Waals surface area contributed by atoms with Gasteiger partial charge in [-0.05, 0) is 61.7 Å². The van der Waals surface area contributed by atoms with Gasteiger partial charge in [0.1, 0.15) is 0 Å². The molecule has 4 nitrogen and oxygen atoms in total. The van der Waals surface area contributed by atoms with E-state index in [-0.39, 0.29) is 0 Å². The smallest absolute Gasteiger partial charge is 0.207 e. The number of nitrogens with two attached hydrogens (primary N) is 1. The van der Waals surface area contributed by atoms with Crippen LogP contribution in [-0.4, -0.2) is 16.7 Å². The third kappa shape index (κ3) is 1.79. The summed E-state index contributed by atoms with van der Waals surface area (Å²) in [6, 6.07) is 0. The molecule has 4 saturated carbocycles. The standard InChI is InChI=1S/C13H20N4S/c14-11-16-17-12(18-11)15-7-13-4-8-1-9(5-13)3-10(2-8)6-13/h8-10H,1-7H2,(H2,14,16)(H,15,17). The Labute approximate surface area is 111 Å². The van der Waals surface area contributed by atoms with E-state index in [2.05, 4.69) is 15.5 Å². The fourth-order valence-electron chi connectivity index (χ4n) is 5.08. The van der Waals surface area contributed by atoms with Gasteiger partial charge in [-0.25, -0.2) is 0 Å². The SMILES string of the molecule is Nc1nnc(NCC23CC4CC(CC(C4)C2)C3)s1. The first-order chi connectivity index (χ1) is 8.71. The van der Waals surface area contributed by atoms with E-state index in [0.717, 1.165) is 29.4 Å². The van der Waals surface area contributed by atoms with E-state index in [1.807, 2.05) is 0 Å². The first-order valence-electron chi connectivity index (χ1n) is 7.04. The van der Waals surface area contributed by atoms with Crippen LogP contribution >= 0.6 is 11.3 Å². The quantitative estimate of drug-likeness (QED) is 0.881. The summed E-state index contributed by atoms with van der Waals surface area (Å²) >= 11 is 1.46. The Hall–Kier alpha value is -0.840. The summed E-state index contributed by atoms with van der Waals surface area (Å²) in [4.78, 5) is 0. The van der Waals surface area contributed by atoms with Crippen LogP contribution in [0.4, 0.5) is 10.3 Å². The number of nitrogens with one attached hydrogen (secondary N) is 1. The van der Waals surface area contributed by atoms with Crippen molar-refractivity contribution in [2.45, 2.75) is 38.5 Å². The number of aromatic nitrogens is 2. The van der Waals surface area contributed by atoms with E-state index >= 15 is 0 Å². The molecule has 0 atom stereocenters. The molecule has 4 aliphatic carbocycles. The van der Waals surface area contributed by atoms with Gasteiger partial charge < -0.3 is 11.1 Å². The van der Waals surface area contributed by atoms with Crippen LogP contribution in [0.25, 0.3) is 0 Å². The molecule has 5 rings (SSSR count). The van der Waals surface area contributed by atoms with Crippen molar-refractivity contribution in [1.29, 1.82) is 0 Å². The third-order valence-corrected chi connectivity index (χ3v) is 5.93. The fraction of sp³-hybridized carbons (Fsp3) is 0.846. The van der Waals surface area contributed by atoms with Crippen molar-refractivity contribution in [3.8, 4) is 0 Å². The summed E-state index contributed by atoms with van der Waals surface area (Å²) in [6.45, 7) is 1.07. The molecule has 0 aromatic carbocycles. The Morgan fingerprint density at radius 1 is 1.11 bits per heavy atom. The molecule has 98 valence electrons. The average Bonchev–Trinajstić information content (AvgIpc) is 2.71. The van der Waals surface area contributed by atoms with Crippen molar-refractivity contribution in [1.82, 2.24) is 10.2 Å². The number of nitrogen functional groups attached to an aromatic ring is 1. The summed E-state index contributed by atoms with van der Waals surface area (Å²) < 4.78 is 0. The van der Waals surface area contributed by atoms with Crippen LogP contribution in [-0.2, 0) is 0 Å². The zero-order valence-corrected chi connectivity index (χ0v) is 11.4. The Morgan fingerprint density at radius 3 is 2.22 bits per heavy atom. The molecule has 18 heavy (non-hydrogen) atoms. The molecular weight excluding hydrogens is 244 g/mol. The summed E-state index contributed by atoms with van der Waals surface area (Å²) in [5.41, 5.74) is 6.17. The molecule has 1 aromatic heterocycles. The highest BCUT2D eigenvalue weighted by Gasteiger charge is 2.50. The molecular formula is C13H20N4S. The van der Waals surface area contributed by atoms with Crippen LogP contribution in [0.5, 0.6) is 0 Å². The highest BCUT2D eigenvalue weighted by Crippen LogP contribution is 2.59. The second-order valence-electron chi connectivity index (χ2n) is 6.72. The fourth-order valence-corrected chi connectivity index (χ4v) is 5.58.